The topological polar surface area (TPSA) is 173 Å². The Kier molecular flexibility index (Phi) is 14.6. The van der Waals surface area contributed by atoms with E-state index in [2.05, 4.69) is 112 Å². The van der Waals surface area contributed by atoms with E-state index >= 15 is 0 Å². The first kappa shape index (κ1) is 47.1. The van der Waals surface area contributed by atoms with Crippen LogP contribution in [0.4, 0.5) is 11.6 Å². The summed E-state index contributed by atoms with van der Waals surface area (Å²) in [7, 11) is 3.96. The Morgan fingerprint density at radius 2 is 1.22 bits per heavy atom. The number of nitrogens with one attached hydrogen (secondary N) is 2. The van der Waals surface area contributed by atoms with Gasteiger partial charge in [-0.05, 0) is 117 Å². The van der Waals surface area contributed by atoms with Crippen LogP contribution >= 0.6 is 45.2 Å². The molecule has 18 heteroatoms. The number of imidazole rings is 2. The summed E-state index contributed by atoms with van der Waals surface area (Å²) in [6.07, 6.45) is 7.45. The first-order chi connectivity index (χ1) is 31.1. The van der Waals surface area contributed by atoms with E-state index < -0.39 is 11.3 Å². The zero-order valence-electron chi connectivity index (χ0n) is 37.8. The Labute approximate surface area is 404 Å². The molecule has 8 rings (SSSR count). The first-order valence-electron chi connectivity index (χ1n) is 21.2. The van der Waals surface area contributed by atoms with Crippen LogP contribution in [0, 0.1) is 21.0 Å². The molecule has 6 heterocycles. The highest BCUT2D eigenvalue weighted by atomic mass is 127. The predicted molar refractivity (Wildman–Crippen MR) is 268 cm³/mol. The minimum atomic E-state index is -0.895. The molecule has 0 aliphatic rings. The van der Waals surface area contributed by atoms with E-state index in [1.165, 1.54) is 0 Å². The van der Waals surface area contributed by atoms with E-state index in [1.54, 1.807) is 35.3 Å². The van der Waals surface area contributed by atoms with Gasteiger partial charge in [0.25, 0.3) is 0 Å². The number of rotatable bonds is 14. The average molecular weight is 1100 g/mol. The molecule has 0 aliphatic heterocycles. The molecule has 0 fully saturated rings. The smallest absolute Gasteiger partial charge is 0.317 e. The molecule has 0 saturated carbocycles. The fourth-order valence-electron chi connectivity index (χ4n) is 7.13. The number of hydrogen-bond acceptors (Lipinski definition) is 12. The molecule has 0 saturated heterocycles. The van der Waals surface area contributed by atoms with Gasteiger partial charge in [0.1, 0.15) is 28.7 Å². The normalized spacial score (nSPS) is 11.9. The van der Waals surface area contributed by atoms with Gasteiger partial charge in [-0.15, -0.1) is 0 Å². The van der Waals surface area contributed by atoms with Gasteiger partial charge in [0.2, 0.25) is 0 Å². The highest BCUT2D eigenvalue weighted by molar-refractivity contribution is 14.1. The standard InChI is InChI=1S/C24H27IN6O2.C23H25IN6O2/c1-6-33-23(32)24(3,4)18-13-19(31-22(28-18)20(25)15(2)29-31)27-14-16-8-7-9-17(12-16)21-26-10-11-30(21)5;1-5-32-23(31)14(2)18-12-19(30-22(27-18)20(24)15(3)28-30)26-13-16-7-6-8-17(11-16)21-25-9-10-29(21)4/h7-13,27H,6,14H2,1-5H3;6-12,14,26H,5,13H2,1-4H3. The third kappa shape index (κ3) is 10.2. The molecule has 2 aromatic carbocycles. The molecule has 8 aromatic rings. The van der Waals surface area contributed by atoms with Crippen molar-refractivity contribution in [2.24, 2.45) is 14.1 Å². The molecule has 0 amide bonds. The van der Waals surface area contributed by atoms with Crippen LogP contribution in [0.2, 0.25) is 0 Å². The van der Waals surface area contributed by atoms with Crippen LogP contribution in [0.5, 0.6) is 0 Å². The van der Waals surface area contributed by atoms with E-state index in [-0.39, 0.29) is 11.9 Å². The number of carbonyl (C=O) groups is 2. The van der Waals surface area contributed by atoms with Crippen molar-refractivity contribution in [3.8, 4) is 22.8 Å². The Morgan fingerprint density at radius 3 is 1.69 bits per heavy atom. The highest BCUT2D eigenvalue weighted by Crippen LogP contribution is 2.30. The third-order valence-electron chi connectivity index (χ3n) is 10.9. The van der Waals surface area contributed by atoms with E-state index in [9.17, 15) is 9.59 Å². The molecule has 338 valence electrons. The number of benzene rings is 2. The van der Waals surface area contributed by atoms with Crippen LogP contribution < -0.4 is 10.6 Å². The van der Waals surface area contributed by atoms with Crippen LogP contribution in [-0.4, -0.2) is 73.5 Å². The second-order valence-electron chi connectivity index (χ2n) is 16.0. The van der Waals surface area contributed by atoms with Crippen molar-refractivity contribution in [1.82, 2.24) is 48.3 Å². The minimum Gasteiger partial charge on any atom is -0.465 e. The molecule has 6 aromatic heterocycles. The Balaban J connectivity index is 0.000000194. The lowest BCUT2D eigenvalue weighted by Crippen LogP contribution is -2.32. The summed E-state index contributed by atoms with van der Waals surface area (Å²) in [5.41, 5.74) is 7.91. The summed E-state index contributed by atoms with van der Waals surface area (Å²) < 4.78 is 20.0. The fraction of sp³-hybridized carbons (Fsp3) is 0.319. The molecule has 1 unspecified atom stereocenters. The summed E-state index contributed by atoms with van der Waals surface area (Å²) in [6, 6.07) is 20.3. The molecule has 0 spiro atoms. The van der Waals surface area contributed by atoms with Gasteiger partial charge >= 0.3 is 11.9 Å². The number of carbonyl (C=O) groups excluding carboxylic acids is 2. The Morgan fingerprint density at radius 1 is 0.723 bits per heavy atom. The van der Waals surface area contributed by atoms with Crippen molar-refractivity contribution < 1.29 is 19.1 Å². The summed E-state index contributed by atoms with van der Waals surface area (Å²) in [6.45, 7) is 14.8. The van der Waals surface area contributed by atoms with Crippen LogP contribution in [0.15, 0.2) is 85.5 Å². The molecule has 0 bridgehead atoms. The Bertz CT molecular complexity index is 3000. The number of hydrogen-bond donors (Lipinski definition) is 2. The second kappa shape index (κ2) is 20.1. The van der Waals surface area contributed by atoms with Crippen molar-refractivity contribution in [2.45, 2.75) is 72.9 Å². The summed E-state index contributed by atoms with van der Waals surface area (Å²) in [4.78, 5) is 43.3. The van der Waals surface area contributed by atoms with Crippen molar-refractivity contribution in [3.63, 3.8) is 0 Å². The number of anilines is 2. The number of nitrogens with zero attached hydrogens (tertiary/aromatic N) is 10. The highest BCUT2D eigenvalue weighted by Gasteiger charge is 2.34. The van der Waals surface area contributed by atoms with Crippen LogP contribution in [0.3, 0.4) is 0 Å². The van der Waals surface area contributed by atoms with Crippen molar-refractivity contribution in [1.29, 1.82) is 0 Å². The minimum absolute atomic E-state index is 0.288. The summed E-state index contributed by atoms with van der Waals surface area (Å²) >= 11 is 4.49. The zero-order chi connectivity index (χ0) is 46.6. The molecule has 65 heavy (non-hydrogen) atoms. The van der Waals surface area contributed by atoms with Gasteiger partial charge in [0.05, 0.1) is 49.0 Å². The molecule has 16 nitrogen and oxygen atoms in total. The number of halogens is 2. The predicted octanol–water partition coefficient (Wildman–Crippen LogP) is 8.82. The molecular formula is C47H52I2N12O4. The monoisotopic (exact) mass is 1100 g/mol. The molecule has 0 aliphatic carbocycles. The lowest BCUT2D eigenvalue weighted by atomic mass is 9.89. The SMILES string of the molecule is CCOC(=O)C(C)(C)c1cc(NCc2cccc(-c3nccn3C)c2)n2nc(C)c(I)c2n1.CCOC(=O)C(C)c1cc(NCc2cccc(-c3nccn3C)c2)n2nc(C)c(I)c2n1. The summed E-state index contributed by atoms with van der Waals surface area (Å²) in [5, 5.41) is 16.3. The molecule has 0 radical (unpaired) electrons. The number of aryl methyl sites for hydroxylation is 4. The van der Waals surface area contributed by atoms with Crippen LogP contribution in [-0.2, 0) is 51.7 Å². The number of ether oxygens (including phenoxy) is 2. The van der Waals surface area contributed by atoms with Gasteiger partial charge in [-0.3, -0.25) is 9.59 Å². The molecule has 1 atom stereocenters. The van der Waals surface area contributed by atoms with Crippen LogP contribution in [0.25, 0.3) is 34.1 Å². The molecule has 2 N–H and O–H groups in total. The lowest BCUT2D eigenvalue weighted by Gasteiger charge is -2.23. The average Bonchev–Trinajstić information content (AvgIpc) is 4.07. The lowest BCUT2D eigenvalue weighted by molar-refractivity contribution is -0.149. The number of aromatic nitrogens is 10. The maximum Gasteiger partial charge on any atom is 0.317 e. The van der Waals surface area contributed by atoms with E-state index in [1.807, 2.05) is 94.5 Å². The quantitative estimate of drug-likeness (QED) is 0.0784. The van der Waals surface area contributed by atoms with Crippen molar-refractivity contribution in [3.05, 3.63) is 126 Å². The summed E-state index contributed by atoms with van der Waals surface area (Å²) in [5.74, 6) is 2.31. The van der Waals surface area contributed by atoms with E-state index in [0.717, 1.165) is 69.7 Å². The first-order valence-corrected chi connectivity index (χ1v) is 23.3. The van der Waals surface area contributed by atoms with Gasteiger partial charge in [-0.25, -0.2) is 19.9 Å². The van der Waals surface area contributed by atoms with Gasteiger partial charge in [-0.2, -0.15) is 19.2 Å². The number of esters is 2. The fourth-order valence-corrected chi connectivity index (χ4v) is 8.04. The molecular weight excluding hydrogens is 1050 g/mol. The van der Waals surface area contributed by atoms with Gasteiger partial charge in [0.15, 0.2) is 11.3 Å². The van der Waals surface area contributed by atoms with E-state index in [4.69, 9.17) is 19.4 Å². The second-order valence-corrected chi connectivity index (χ2v) is 18.2. The van der Waals surface area contributed by atoms with E-state index in [0.29, 0.717) is 43.3 Å². The van der Waals surface area contributed by atoms with Gasteiger partial charge in [0, 0.05) is 75.2 Å². The van der Waals surface area contributed by atoms with Crippen molar-refractivity contribution >= 4 is 80.1 Å². The van der Waals surface area contributed by atoms with Crippen LogP contribution in [0.1, 0.15) is 74.4 Å². The maximum absolute atomic E-state index is 12.6. The third-order valence-corrected chi connectivity index (χ3v) is 13.4. The largest absolute Gasteiger partial charge is 0.465 e. The van der Waals surface area contributed by atoms with Crippen molar-refractivity contribution in [2.75, 3.05) is 23.8 Å². The number of fused-ring (bicyclic) bond motifs is 2. The zero-order valence-corrected chi connectivity index (χ0v) is 42.2. The maximum atomic E-state index is 12.6. The van der Waals surface area contributed by atoms with Gasteiger partial charge in [-0.1, -0.05) is 36.4 Å². The Hall–Kier alpha value is -5.90. The van der Waals surface area contributed by atoms with Gasteiger partial charge < -0.3 is 29.2 Å².